The van der Waals surface area contributed by atoms with Crippen LogP contribution >= 0.6 is 0 Å². The molecule has 2 N–H and O–H groups in total. The van der Waals surface area contributed by atoms with Crippen molar-refractivity contribution in [2.45, 2.75) is 26.7 Å². The van der Waals surface area contributed by atoms with Gasteiger partial charge in [0.1, 0.15) is 6.61 Å². The summed E-state index contributed by atoms with van der Waals surface area (Å²) in [5.41, 5.74) is 3.04. The smallest absolute Gasteiger partial charge is 0.319 e. The molecular formula is C20H26N2O3. The number of hydrogen-bond donors (Lipinski definition) is 2. The molecule has 0 heterocycles. The summed E-state index contributed by atoms with van der Waals surface area (Å²) in [5, 5.41) is 5.69. The van der Waals surface area contributed by atoms with Gasteiger partial charge in [-0.15, -0.1) is 0 Å². The van der Waals surface area contributed by atoms with E-state index in [1.807, 2.05) is 49.4 Å². The van der Waals surface area contributed by atoms with Crippen LogP contribution in [0.15, 0.2) is 42.5 Å². The van der Waals surface area contributed by atoms with Crippen LogP contribution in [0, 0.1) is 6.92 Å². The van der Waals surface area contributed by atoms with Gasteiger partial charge in [0, 0.05) is 5.69 Å². The molecule has 0 spiro atoms. The first-order chi connectivity index (χ1) is 12.0. The lowest BCUT2D eigenvalue weighted by atomic mass is 10.0. The molecule has 0 aliphatic heterocycles. The van der Waals surface area contributed by atoms with E-state index in [1.54, 1.807) is 7.11 Å². The Morgan fingerprint density at radius 1 is 1.12 bits per heavy atom. The van der Waals surface area contributed by atoms with Crippen molar-refractivity contribution in [1.82, 2.24) is 5.32 Å². The van der Waals surface area contributed by atoms with E-state index in [-0.39, 0.29) is 6.03 Å². The van der Waals surface area contributed by atoms with Gasteiger partial charge in [-0.25, -0.2) is 4.79 Å². The molecule has 0 unspecified atom stereocenters. The first-order valence-corrected chi connectivity index (χ1v) is 8.42. The zero-order chi connectivity index (χ0) is 18.2. The Kier molecular flexibility index (Phi) is 6.69. The molecule has 134 valence electrons. The Hall–Kier alpha value is -2.69. The molecule has 2 amide bonds. The van der Waals surface area contributed by atoms with E-state index in [2.05, 4.69) is 24.5 Å². The van der Waals surface area contributed by atoms with Gasteiger partial charge in [0.25, 0.3) is 0 Å². The molecule has 0 saturated heterocycles. The quantitative estimate of drug-likeness (QED) is 0.736. The first kappa shape index (κ1) is 18.6. The van der Waals surface area contributed by atoms with E-state index in [9.17, 15) is 4.79 Å². The van der Waals surface area contributed by atoms with Crippen molar-refractivity contribution in [3.8, 4) is 11.5 Å². The number of rotatable bonds is 7. The molecule has 0 fully saturated rings. The molecule has 2 aromatic carbocycles. The van der Waals surface area contributed by atoms with Crippen LogP contribution in [0.3, 0.4) is 0 Å². The molecule has 5 heteroatoms. The van der Waals surface area contributed by atoms with Crippen molar-refractivity contribution in [2.75, 3.05) is 25.6 Å². The number of ether oxygens (including phenoxy) is 2. The number of carbonyl (C=O) groups is 1. The lowest BCUT2D eigenvalue weighted by Crippen LogP contribution is -2.32. The highest BCUT2D eigenvalue weighted by molar-refractivity contribution is 5.90. The predicted molar refractivity (Wildman–Crippen MR) is 101 cm³/mol. The lowest BCUT2D eigenvalue weighted by Gasteiger charge is -2.15. The second-order valence-corrected chi connectivity index (χ2v) is 6.13. The van der Waals surface area contributed by atoms with E-state index in [0.717, 1.165) is 16.8 Å². The maximum absolute atomic E-state index is 12.1. The monoisotopic (exact) mass is 342 g/mol. The summed E-state index contributed by atoms with van der Waals surface area (Å²) >= 11 is 0. The minimum atomic E-state index is -0.243. The molecule has 0 aliphatic carbocycles. The Morgan fingerprint density at radius 2 is 1.88 bits per heavy atom. The summed E-state index contributed by atoms with van der Waals surface area (Å²) in [7, 11) is 1.61. The van der Waals surface area contributed by atoms with Crippen LogP contribution in [0.25, 0.3) is 0 Å². The highest BCUT2D eigenvalue weighted by Crippen LogP contribution is 2.27. The summed E-state index contributed by atoms with van der Waals surface area (Å²) in [6, 6.07) is 13.3. The number of para-hydroxylation sites is 1. The summed E-state index contributed by atoms with van der Waals surface area (Å²) in [5.74, 6) is 1.70. The number of nitrogens with one attached hydrogen (secondary N) is 2. The molecule has 0 saturated carbocycles. The lowest BCUT2D eigenvalue weighted by molar-refractivity contribution is 0.246. The third-order valence-corrected chi connectivity index (χ3v) is 3.80. The van der Waals surface area contributed by atoms with Crippen LogP contribution < -0.4 is 20.1 Å². The summed E-state index contributed by atoms with van der Waals surface area (Å²) in [6.07, 6.45) is 0. The van der Waals surface area contributed by atoms with Crippen LogP contribution in [-0.4, -0.2) is 26.3 Å². The van der Waals surface area contributed by atoms with Gasteiger partial charge in [0.05, 0.1) is 13.7 Å². The third kappa shape index (κ3) is 5.41. The van der Waals surface area contributed by atoms with E-state index >= 15 is 0 Å². The van der Waals surface area contributed by atoms with Gasteiger partial charge < -0.3 is 20.1 Å². The average molecular weight is 342 g/mol. The Labute approximate surface area is 149 Å². The molecular weight excluding hydrogens is 316 g/mol. The zero-order valence-corrected chi connectivity index (χ0v) is 15.3. The van der Waals surface area contributed by atoms with Crippen molar-refractivity contribution in [1.29, 1.82) is 0 Å². The molecule has 5 nitrogen and oxygen atoms in total. The minimum Gasteiger partial charge on any atom is -0.493 e. The number of urea groups is 1. The van der Waals surface area contributed by atoms with Crippen LogP contribution in [-0.2, 0) is 0 Å². The molecule has 0 atom stereocenters. The second-order valence-electron chi connectivity index (χ2n) is 6.13. The van der Waals surface area contributed by atoms with Gasteiger partial charge in [0.15, 0.2) is 11.5 Å². The minimum absolute atomic E-state index is 0.243. The summed E-state index contributed by atoms with van der Waals surface area (Å²) in [4.78, 5) is 12.1. The number of methoxy groups -OCH3 is 1. The van der Waals surface area contributed by atoms with Crippen molar-refractivity contribution < 1.29 is 14.3 Å². The fourth-order valence-electron chi connectivity index (χ4n) is 2.50. The highest BCUT2D eigenvalue weighted by atomic mass is 16.5. The van der Waals surface area contributed by atoms with Gasteiger partial charge >= 0.3 is 6.03 Å². The van der Waals surface area contributed by atoms with Crippen LogP contribution in [0.1, 0.15) is 30.9 Å². The van der Waals surface area contributed by atoms with Gasteiger partial charge in [0.2, 0.25) is 0 Å². The summed E-state index contributed by atoms with van der Waals surface area (Å²) < 4.78 is 11.0. The molecule has 0 radical (unpaired) electrons. The van der Waals surface area contributed by atoms with Crippen LogP contribution in [0.5, 0.6) is 11.5 Å². The van der Waals surface area contributed by atoms with Crippen molar-refractivity contribution in [2.24, 2.45) is 0 Å². The molecule has 0 aliphatic rings. The molecule has 2 aromatic rings. The molecule has 0 aromatic heterocycles. The van der Waals surface area contributed by atoms with Gasteiger partial charge in [-0.1, -0.05) is 38.1 Å². The Morgan fingerprint density at radius 3 is 2.60 bits per heavy atom. The van der Waals surface area contributed by atoms with Crippen molar-refractivity contribution >= 4 is 11.7 Å². The van der Waals surface area contributed by atoms with Crippen LogP contribution in [0.2, 0.25) is 0 Å². The molecule has 0 bridgehead atoms. The van der Waals surface area contributed by atoms with Gasteiger partial charge in [-0.05, 0) is 42.2 Å². The standard InChI is InChI=1S/C20H26N2O3/c1-14(2)16-7-5-6-8-17(16)22-20(23)21-11-12-25-18-10-9-15(3)13-19(18)24-4/h5-10,13-14H,11-12H2,1-4H3,(H2,21,22,23). The van der Waals surface area contributed by atoms with E-state index in [1.165, 1.54) is 0 Å². The van der Waals surface area contributed by atoms with Crippen molar-refractivity contribution in [3.63, 3.8) is 0 Å². The third-order valence-electron chi connectivity index (χ3n) is 3.80. The number of amides is 2. The van der Waals surface area contributed by atoms with Crippen LogP contribution in [0.4, 0.5) is 10.5 Å². The van der Waals surface area contributed by atoms with E-state index in [0.29, 0.717) is 30.6 Å². The fourth-order valence-corrected chi connectivity index (χ4v) is 2.50. The fraction of sp³-hybridized carbons (Fsp3) is 0.350. The number of anilines is 1. The summed E-state index contributed by atoms with van der Waals surface area (Å²) in [6.45, 7) is 6.95. The Bertz CT molecular complexity index is 714. The molecule has 25 heavy (non-hydrogen) atoms. The number of hydrogen-bond acceptors (Lipinski definition) is 3. The van der Waals surface area contributed by atoms with Gasteiger partial charge in [-0.3, -0.25) is 0 Å². The zero-order valence-electron chi connectivity index (χ0n) is 15.3. The first-order valence-electron chi connectivity index (χ1n) is 8.42. The molecule has 2 rings (SSSR count). The van der Waals surface area contributed by atoms with Crippen molar-refractivity contribution in [3.05, 3.63) is 53.6 Å². The second kappa shape index (κ2) is 8.97. The normalized spacial score (nSPS) is 10.4. The van der Waals surface area contributed by atoms with E-state index in [4.69, 9.17) is 9.47 Å². The number of carbonyl (C=O) groups excluding carboxylic acids is 1. The largest absolute Gasteiger partial charge is 0.493 e. The van der Waals surface area contributed by atoms with E-state index < -0.39 is 0 Å². The highest BCUT2D eigenvalue weighted by Gasteiger charge is 2.09. The maximum atomic E-state index is 12.1. The number of aryl methyl sites for hydroxylation is 1. The SMILES string of the molecule is COc1cc(C)ccc1OCCNC(=O)Nc1ccccc1C(C)C. The maximum Gasteiger partial charge on any atom is 0.319 e. The predicted octanol–water partition coefficient (Wildman–Crippen LogP) is 4.33. The Balaban J connectivity index is 1.82. The van der Waals surface area contributed by atoms with Gasteiger partial charge in [-0.2, -0.15) is 0 Å². The topological polar surface area (TPSA) is 59.6 Å². The number of benzene rings is 2. The average Bonchev–Trinajstić information content (AvgIpc) is 2.59.